The highest BCUT2D eigenvalue weighted by Crippen LogP contribution is 2.28. The van der Waals surface area contributed by atoms with Crippen LogP contribution in [-0.4, -0.2) is 6.54 Å². The summed E-state index contributed by atoms with van der Waals surface area (Å²) >= 11 is 3.58. The predicted octanol–water partition coefficient (Wildman–Crippen LogP) is 2.66. The van der Waals surface area contributed by atoms with Crippen LogP contribution in [0.4, 0.5) is 0 Å². The van der Waals surface area contributed by atoms with Crippen molar-refractivity contribution in [3.05, 3.63) is 33.8 Å². The van der Waals surface area contributed by atoms with Gasteiger partial charge >= 0.3 is 0 Å². The first-order valence-corrected chi connectivity index (χ1v) is 5.09. The molecule has 0 fully saturated rings. The third-order valence-electron chi connectivity index (χ3n) is 2.45. The van der Waals surface area contributed by atoms with Gasteiger partial charge in [0, 0.05) is 10.5 Å². The van der Waals surface area contributed by atoms with E-state index in [2.05, 4.69) is 46.4 Å². The Bertz CT molecular complexity index is 296. The Balaban J connectivity index is 2.52. The van der Waals surface area contributed by atoms with Crippen LogP contribution >= 0.6 is 15.9 Å². The van der Waals surface area contributed by atoms with Gasteiger partial charge in [-0.2, -0.15) is 0 Å². The molecule has 1 N–H and O–H groups in total. The molecule has 0 aliphatic carbocycles. The van der Waals surface area contributed by atoms with Crippen LogP contribution in [0, 0.1) is 0 Å². The minimum Gasteiger partial charge on any atom is -0.310 e. The van der Waals surface area contributed by atoms with E-state index in [9.17, 15) is 0 Å². The summed E-state index contributed by atoms with van der Waals surface area (Å²) in [5.41, 5.74) is 2.92. The fourth-order valence-electron chi connectivity index (χ4n) is 1.77. The molecule has 1 heterocycles. The Hall–Kier alpha value is -0.340. The zero-order chi connectivity index (χ0) is 8.55. The summed E-state index contributed by atoms with van der Waals surface area (Å²) in [4.78, 5) is 0. The number of benzene rings is 1. The number of hydrogen-bond acceptors (Lipinski definition) is 1. The molecule has 0 spiro atoms. The second-order valence-corrected chi connectivity index (χ2v) is 4.09. The molecule has 1 nitrogen and oxygen atoms in total. The molecule has 0 bridgehead atoms. The number of nitrogens with one attached hydrogen (secondary N) is 1. The lowest BCUT2D eigenvalue weighted by molar-refractivity contribution is 0.540. The molecule has 1 aliphatic rings. The number of halogens is 1. The van der Waals surface area contributed by atoms with E-state index in [0.29, 0.717) is 6.04 Å². The van der Waals surface area contributed by atoms with Crippen LogP contribution in [0.5, 0.6) is 0 Å². The van der Waals surface area contributed by atoms with Crippen molar-refractivity contribution in [1.82, 2.24) is 5.32 Å². The summed E-state index contributed by atoms with van der Waals surface area (Å²) in [6.45, 7) is 3.31. The van der Waals surface area contributed by atoms with Crippen molar-refractivity contribution in [2.75, 3.05) is 6.54 Å². The fraction of sp³-hybridized carbons (Fsp3) is 0.400. The van der Waals surface area contributed by atoms with Gasteiger partial charge in [0.15, 0.2) is 0 Å². The van der Waals surface area contributed by atoms with Crippen molar-refractivity contribution in [3.63, 3.8) is 0 Å². The van der Waals surface area contributed by atoms with Gasteiger partial charge in [-0.15, -0.1) is 0 Å². The second kappa shape index (κ2) is 3.19. The van der Waals surface area contributed by atoms with Crippen molar-refractivity contribution in [2.24, 2.45) is 0 Å². The van der Waals surface area contributed by atoms with Crippen molar-refractivity contribution >= 4 is 15.9 Å². The highest BCUT2D eigenvalue weighted by atomic mass is 79.9. The molecule has 0 amide bonds. The Kier molecular flexibility index (Phi) is 2.20. The highest BCUT2D eigenvalue weighted by Gasteiger charge is 2.16. The van der Waals surface area contributed by atoms with Crippen molar-refractivity contribution < 1.29 is 0 Å². The van der Waals surface area contributed by atoms with E-state index < -0.39 is 0 Å². The van der Waals surface area contributed by atoms with Crippen molar-refractivity contribution in [3.8, 4) is 0 Å². The first-order valence-electron chi connectivity index (χ1n) is 4.29. The molecule has 1 aromatic carbocycles. The summed E-state index contributed by atoms with van der Waals surface area (Å²) in [6.07, 6.45) is 1.14. The maximum absolute atomic E-state index is 3.58. The fourth-order valence-corrected chi connectivity index (χ4v) is 2.35. The average molecular weight is 226 g/mol. The normalized spacial score (nSPS) is 22.0. The van der Waals surface area contributed by atoms with E-state index in [1.165, 1.54) is 15.6 Å². The largest absolute Gasteiger partial charge is 0.310 e. The van der Waals surface area contributed by atoms with Gasteiger partial charge in [-0.1, -0.05) is 28.1 Å². The molecule has 2 rings (SSSR count). The summed E-state index contributed by atoms with van der Waals surface area (Å²) in [5.74, 6) is 0. The van der Waals surface area contributed by atoms with Gasteiger partial charge in [-0.05, 0) is 37.1 Å². The van der Waals surface area contributed by atoms with Crippen molar-refractivity contribution in [2.45, 2.75) is 19.4 Å². The Morgan fingerprint density at radius 1 is 1.50 bits per heavy atom. The summed E-state index contributed by atoms with van der Waals surface area (Å²) in [7, 11) is 0. The third kappa shape index (κ3) is 1.29. The molecule has 0 saturated carbocycles. The molecular formula is C10H12BrN. The second-order valence-electron chi connectivity index (χ2n) is 3.23. The van der Waals surface area contributed by atoms with Crippen LogP contribution in [0.1, 0.15) is 24.1 Å². The van der Waals surface area contributed by atoms with Crippen LogP contribution < -0.4 is 5.32 Å². The van der Waals surface area contributed by atoms with Gasteiger partial charge in [0.1, 0.15) is 0 Å². The Labute approximate surface area is 81.3 Å². The maximum Gasteiger partial charge on any atom is 0.0295 e. The lowest BCUT2D eigenvalue weighted by atomic mass is 9.96. The quantitative estimate of drug-likeness (QED) is 0.717. The van der Waals surface area contributed by atoms with Crippen LogP contribution in [0.15, 0.2) is 22.7 Å². The minimum atomic E-state index is 0.506. The van der Waals surface area contributed by atoms with Crippen LogP contribution in [0.25, 0.3) is 0 Å². The highest BCUT2D eigenvalue weighted by molar-refractivity contribution is 9.10. The lowest BCUT2D eigenvalue weighted by Gasteiger charge is -2.24. The van der Waals surface area contributed by atoms with E-state index in [4.69, 9.17) is 0 Å². The monoisotopic (exact) mass is 225 g/mol. The SMILES string of the molecule is CC1NCCc2c(Br)cccc21. The van der Waals surface area contributed by atoms with E-state index in [-0.39, 0.29) is 0 Å². The number of fused-ring (bicyclic) bond motifs is 1. The molecule has 0 aromatic heterocycles. The molecular weight excluding hydrogens is 214 g/mol. The summed E-state index contributed by atoms with van der Waals surface area (Å²) < 4.78 is 1.26. The molecule has 1 unspecified atom stereocenters. The van der Waals surface area contributed by atoms with Gasteiger partial charge < -0.3 is 5.32 Å². The topological polar surface area (TPSA) is 12.0 Å². The van der Waals surface area contributed by atoms with Crippen molar-refractivity contribution in [1.29, 1.82) is 0 Å². The smallest absolute Gasteiger partial charge is 0.0295 e. The van der Waals surface area contributed by atoms with E-state index in [1.807, 2.05) is 0 Å². The molecule has 2 heteroatoms. The molecule has 1 aliphatic heterocycles. The Morgan fingerprint density at radius 3 is 3.08 bits per heavy atom. The standard InChI is InChI=1S/C10H12BrN/c1-7-8-3-2-4-10(11)9(8)5-6-12-7/h2-4,7,12H,5-6H2,1H3. The first kappa shape index (κ1) is 8.27. The van der Waals surface area contributed by atoms with Gasteiger partial charge in [0.2, 0.25) is 0 Å². The van der Waals surface area contributed by atoms with Gasteiger partial charge in [-0.25, -0.2) is 0 Å². The molecule has 0 radical (unpaired) electrons. The molecule has 1 atom stereocenters. The predicted molar refractivity (Wildman–Crippen MR) is 54.3 cm³/mol. The van der Waals surface area contributed by atoms with E-state index >= 15 is 0 Å². The zero-order valence-corrected chi connectivity index (χ0v) is 8.69. The van der Waals surface area contributed by atoms with E-state index in [1.54, 1.807) is 0 Å². The minimum absolute atomic E-state index is 0.506. The Morgan fingerprint density at radius 2 is 2.33 bits per heavy atom. The molecule has 12 heavy (non-hydrogen) atoms. The molecule has 1 aromatic rings. The van der Waals surface area contributed by atoms with Crippen LogP contribution in [0.3, 0.4) is 0 Å². The van der Waals surface area contributed by atoms with E-state index in [0.717, 1.165) is 13.0 Å². The maximum atomic E-state index is 3.58. The van der Waals surface area contributed by atoms with Crippen LogP contribution in [0.2, 0.25) is 0 Å². The summed E-state index contributed by atoms with van der Waals surface area (Å²) in [6, 6.07) is 6.94. The van der Waals surface area contributed by atoms with Crippen LogP contribution in [-0.2, 0) is 6.42 Å². The lowest BCUT2D eigenvalue weighted by Crippen LogP contribution is -2.27. The number of rotatable bonds is 0. The van der Waals surface area contributed by atoms with Gasteiger partial charge in [0.05, 0.1) is 0 Å². The molecule has 0 saturated heterocycles. The van der Waals surface area contributed by atoms with Gasteiger partial charge in [-0.3, -0.25) is 0 Å². The third-order valence-corrected chi connectivity index (χ3v) is 3.19. The number of hydrogen-bond donors (Lipinski definition) is 1. The average Bonchev–Trinajstić information content (AvgIpc) is 2.07. The zero-order valence-electron chi connectivity index (χ0n) is 7.10. The summed E-state index contributed by atoms with van der Waals surface area (Å²) in [5, 5.41) is 3.44. The first-order chi connectivity index (χ1) is 5.79. The van der Waals surface area contributed by atoms with Gasteiger partial charge in [0.25, 0.3) is 0 Å². The molecule has 64 valence electrons.